The lowest BCUT2D eigenvalue weighted by Crippen LogP contribution is -2.29. The topological polar surface area (TPSA) is 84.4 Å². The number of nitro groups is 1. The Hall–Kier alpha value is -1.96. The predicted octanol–water partition coefficient (Wildman–Crippen LogP) is 2.50. The molecule has 0 fully saturated rings. The smallest absolute Gasteiger partial charge is 0.293 e. The van der Waals surface area contributed by atoms with E-state index in [4.69, 9.17) is 5.84 Å². The van der Waals surface area contributed by atoms with Crippen molar-refractivity contribution in [2.24, 2.45) is 5.84 Å². The summed E-state index contributed by atoms with van der Waals surface area (Å²) in [5, 5.41) is 13.0. The molecule has 0 spiro atoms. The molecule has 1 aromatic carbocycles. The van der Waals surface area contributed by atoms with E-state index < -0.39 is 4.92 Å². The van der Waals surface area contributed by atoms with Gasteiger partial charge in [0.1, 0.15) is 5.69 Å². The first-order valence-electron chi connectivity index (χ1n) is 6.69. The van der Waals surface area contributed by atoms with Crippen molar-refractivity contribution in [3.63, 3.8) is 0 Å². The van der Waals surface area contributed by atoms with Crippen LogP contribution in [-0.2, 0) is 19.5 Å². The minimum Gasteiger partial charge on any atom is -0.318 e. The number of nitrogen functional groups attached to an aromatic ring is 1. The number of hydrogen-bond acceptors (Lipinski definition) is 6. The van der Waals surface area contributed by atoms with E-state index in [2.05, 4.69) is 21.8 Å². The van der Waals surface area contributed by atoms with Crippen LogP contribution in [0.2, 0.25) is 0 Å². The Labute approximate surface area is 126 Å². The predicted molar refractivity (Wildman–Crippen MR) is 83.0 cm³/mol. The first kappa shape index (κ1) is 14.0. The van der Waals surface area contributed by atoms with Crippen LogP contribution in [0.25, 0.3) is 0 Å². The second-order valence-electron chi connectivity index (χ2n) is 5.08. The Morgan fingerprint density at radius 2 is 2.29 bits per heavy atom. The second-order valence-corrected chi connectivity index (χ2v) is 6.08. The Balaban J connectivity index is 1.75. The fraction of sp³-hybridized carbons (Fsp3) is 0.286. The molecule has 0 bridgehead atoms. The summed E-state index contributed by atoms with van der Waals surface area (Å²) < 4.78 is 0. The lowest BCUT2D eigenvalue weighted by Gasteiger charge is -2.26. The summed E-state index contributed by atoms with van der Waals surface area (Å²) in [7, 11) is 0. The van der Waals surface area contributed by atoms with Gasteiger partial charge in [0.05, 0.1) is 4.92 Å². The van der Waals surface area contributed by atoms with Gasteiger partial charge in [0, 0.05) is 30.6 Å². The van der Waals surface area contributed by atoms with Crippen LogP contribution in [0.4, 0.5) is 11.4 Å². The van der Waals surface area contributed by atoms with Crippen LogP contribution in [0.15, 0.2) is 29.6 Å². The fourth-order valence-corrected chi connectivity index (χ4v) is 3.55. The third-order valence-electron chi connectivity index (χ3n) is 3.71. The first-order valence-corrected chi connectivity index (χ1v) is 7.57. The van der Waals surface area contributed by atoms with Gasteiger partial charge in [0.15, 0.2) is 0 Å². The number of anilines is 1. The molecule has 2 aromatic rings. The van der Waals surface area contributed by atoms with E-state index in [9.17, 15) is 10.1 Å². The summed E-state index contributed by atoms with van der Waals surface area (Å²) in [5.74, 6) is 5.37. The quantitative estimate of drug-likeness (QED) is 0.515. The molecule has 1 aliphatic rings. The molecule has 0 radical (unpaired) electrons. The molecule has 110 valence electrons. The molecular formula is C14H16N4O2S. The summed E-state index contributed by atoms with van der Waals surface area (Å²) in [6.45, 7) is 2.71. The van der Waals surface area contributed by atoms with Crippen molar-refractivity contribution in [3.05, 3.63) is 55.8 Å². The minimum absolute atomic E-state index is 0.0000139. The van der Waals surface area contributed by atoms with Crippen molar-refractivity contribution < 1.29 is 4.92 Å². The number of nitrogens with zero attached hydrogens (tertiary/aromatic N) is 2. The van der Waals surface area contributed by atoms with E-state index in [-0.39, 0.29) is 5.69 Å². The third-order valence-corrected chi connectivity index (χ3v) is 4.73. The highest BCUT2D eigenvalue weighted by molar-refractivity contribution is 7.10. The first-order chi connectivity index (χ1) is 10.2. The van der Waals surface area contributed by atoms with E-state index in [0.717, 1.165) is 31.6 Å². The summed E-state index contributed by atoms with van der Waals surface area (Å²) >= 11 is 1.82. The van der Waals surface area contributed by atoms with Crippen LogP contribution in [-0.4, -0.2) is 16.4 Å². The van der Waals surface area contributed by atoms with Gasteiger partial charge in [-0.15, -0.1) is 11.3 Å². The van der Waals surface area contributed by atoms with Crippen molar-refractivity contribution in [3.8, 4) is 0 Å². The molecule has 0 saturated heterocycles. The number of nitro benzene ring substituents is 1. The number of nitrogens with one attached hydrogen (secondary N) is 1. The summed E-state index contributed by atoms with van der Waals surface area (Å²) in [6.07, 6.45) is 1.07. The van der Waals surface area contributed by atoms with Crippen molar-refractivity contribution in [2.75, 3.05) is 12.0 Å². The summed E-state index contributed by atoms with van der Waals surface area (Å²) in [6, 6.07) is 7.22. The standard InChI is InChI=1S/C14H16N4O2S/c15-16-12-7-10(1-2-13(12)18(19)20)8-17-5-3-14-11(9-17)4-6-21-14/h1-2,4,6-7,16H,3,5,8-9,15H2. The lowest BCUT2D eigenvalue weighted by molar-refractivity contribution is -0.384. The largest absolute Gasteiger partial charge is 0.318 e. The molecule has 3 N–H and O–H groups in total. The maximum atomic E-state index is 10.9. The third kappa shape index (κ3) is 2.90. The SMILES string of the molecule is NNc1cc(CN2CCc3sccc3C2)ccc1[N+](=O)[O-]. The fourth-order valence-electron chi connectivity index (χ4n) is 2.66. The zero-order valence-corrected chi connectivity index (χ0v) is 12.2. The van der Waals surface area contributed by atoms with E-state index in [1.54, 1.807) is 12.1 Å². The Kier molecular flexibility index (Phi) is 3.87. The number of thiophene rings is 1. The average Bonchev–Trinajstić information content (AvgIpc) is 2.94. The zero-order valence-electron chi connectivity index (χ0n) is 11.4. The molecule has 6 nitrogen and oxygen atoms in total. The van der Waals surface area contributed by atoms with Gasteiger partial charge in [0.2, 0.25) is 0 Å². The van der Waals surface area contributed by atoms with E-state index in [1.165, 1.54) is 16.5 Å². The molecule has 0 saturated carbocycles. The maximum absolute atomic E-state index is 10.9. The molecule has 1 aromatic heterocycles. The molecular weight excluding hydrogens is 288 g/mol. The monoisotopic (exact) mass is 304 g/mol. The van der Waals surface area contributed by atoms with Crippen LogP contribution in [0.5, 0.6) is 0 Å². The molecule has 21 heavy (non-hydrogen) atoms. The Morgan fingerprint density at radius 1 is 1.43 bits per heavy atom. The highest BCUT2D eigenvalue weighted by Gasteiger charge is 2.19. The van der Waals surface area contributed by atoms with Crippen LogP contribution in [0.1, 0.15) is 16.0 Å². The summed E-state index contributed by atoms with van der Waals surface area (Å²) in [5.41, 5.74) is 5.17. The molecule has 0 aliphatic carbocycles. The molecule has 0 atom stereocenters. The van der Waals surface area contributed by atoms with E-state index in [0.29, 0.717) is 5.69 Å². The number of fused-ring (bicyclic) bond motifs is 1. The number of rotatable bonds is 4. The van der Waals surface area contributed by atoms with Gasteiger partial charge in [0.25, 0.3) is 5.69 Å². The highest BCUT2D eigenvalue weighted by atomic mass is 32.1. The van der Waals surface area contributed by atoms with E-state index >= 15 is 0 Å². The van der Waals surface area contributed by atoms with Gasteiger partial charge in [-0.2, -0.15) is 0 Å². The van der Waals surface area contributed by atoms with Crippen molar-refractivity contribution in [2.45, 2.75) is 19.5 Å². The summed E-state index contributed by atoms with van der Waals surface area (Å²) in [4.78, 5) is 14.3. The number of hydrazine groups is 1. The van der Waals surface area contributed by atoms with E-state index in [1.807, 2.05) is 11.3 Å². The lowest BCUT2D eigenvalue weighted by atomic mass is 10.1. The zero-order chi connectivity index (χ0) is 14.8. The van der Waals surface area contributed by atoms with Gasteiger partial charge < -0.3 is 5.43 Å². The van der Waals surface area contributed by atoms with Gasteiger partial charge in [-0.25, -0.2) is 0 Å². The average molecular weight is 304 g/mol. The Morgan fingerprint density at radius 3 is 3.05 bits per heavy atom. The van der Waals surface area contributed by atoms with Gasteiger partial charge in [-0.1, -0.05) is 6.07 Å². The van der Waals surface area contributed by atoms with Crippen molar-refractivity contribution in [1.82, 2.24) is 4.90 Å². The normalized spacial score (nSPS) is 14.7. The van der Waals surface area contributed by atoms with Crippen LogP contribution < -0.4 is 11.3 Å². The van der Waals surface area contributed by atoms with Crippen molar-refractivity contribution in [1.29, 1.82) is 0 Å². The molecule has 3 rings (SSSR count). The van der Waals surface area contributed by atoms with Crippen LogP contribution in [0, 0.1) is 10.1 Å². The number of benzene rings is 1. The minimum atomic E-state index is -0.433. The van der Waals surface area contributed by atoms with Crippen LogP contribution in [0.3, 0.4) is 0 Å². The molecule has 7 heteroatoms. The van der Waals surface area contributed by atoms with Gasteiger partial charge in [-0.3, -0.25) is 20.9 Å². The highest BCUT2D eigenvalue weighted by Crippen LogP contribution is 2.28. The maximum Gasteiger partial charge on any atom is 0.293 e. The molecule has 2 heterocycles. The molecule has 0 amide bonds. The van der Waals surface area contributed by atoms with Gasteiger partial charge >= 0.3 is 0 Å². The molecule has 1 aliphatic heterocycles. The van der Waals surface area contributed by atoms with Crippen molar-refractivity contribution >= 4 is 22.7 Å². The second kappa shape index (κ2) is 5.80. The Bertz CT molecular complexity index is 671. The van der Waals surface area contributed by atoms with Gasteiger partial charge in [-0.05, 0) is 35.1 Å². The number of hydrogen-bond donors (Lipinski definition) is 2. The molecule has 0 unspecified atom stereocenters. The van der Waals surface area contributed by atoms with Crippen LogP contribution >= 0.6 is 11.3 Å². The number of nitrogens with two attached hydrogens (primary N) is 1.